The van der Waals surface area contributed by atoms with Crippen molar-refractivity contribution < 1.29 is 24.4 Å². The van der Waals surface area contributed by atoms with E-state index >= 15 is 0 Å². The number of carbonyl (C=O) groups is 2. The Labute approximate surface area is 113 Å². The zero-order valence-corrected chi connectivity index (χ0v) is 10.3. The molecule has 106 valence electrons. The fourth-order valence-corrected chi connectivity index (χ4v) is 1.95. The third-order valence-electron chi connectivity index (χ3n) is 3.03. The van der Waals surface area contributed by atoms with Gasteiger partial charge >= 0.3 is 5.97 Å². The molecule has 2 N–H and O–H groups in total. The molecule has 1 fully saturated rings. The second-order valence-electron chi connectivity index (χ2n) is 4.37. The van der Waals surface area contributed by atoms with E-state index in [2.05, 4.69) is 5.32 Å². The van der Waals surface area contributed by atoms with E-state index in [1.165, 1.54) is 18.2 Å². The first kappa shape index (κ1) is 13.9. The average Bonchev–Trinajstić information content (AvgIpc) is 2.87. The van der Waals surface area contributed by atoms with Gasteiger partial charge in [-0.3, -0.25) is 19.7 Å². The number of rotatable bonds is 4. The molecule has 0 aliphatic carbocycles. The molecule has 0 radical (unpaired) electrons. The predicted octanol–water partition coefficient (Wildman–Crippen LogP) is 0.424. The summed E-state index contributed by atoms with van der Waals surface area (Å²) in [7, 11) is 0. The van der Waals surface area contributed by atoms with Gasteiger partial charge in [0.2, 0.25) is 0 Å². The third kappa shape index (κ3) is 2.91. The largest absolute Gasteiger partial charge is 0.481 e. The molecule has 0 spiro atoms. The second-order valence-corrected chi connectivity index (χ2v) is 4.37. The molecule has 1 heterocycles. The van der Waals surface area contributed by atoms with Gasteiger partial charge in [-0.1, -0.05) is 6.07 Å². The fraction of sp³-hybridized carbons (Fsp3) is 0.333. The minimum Gasteiger partial charge on any atom is -0.481 e. The van der Waals surface area contributed by atoms with E-state index in [1.54, 1.807) is 0 Å². The number of ether oxygens (including phenoxy) is 1. The van der Waals surface area contributed by atoms with Crippen LogP contribution in [0.25, 0.3) is 0 Å². The van der Waals surface area contributed by atoms with Gasteiger partial charge in [-0.25, -0.2) is 0 Å². The average molecular weight is 280 g/mol. The van der Waals surface area contributed by atoms with Gasteiger partial charge in [0.05, 0.1) is 24.2 Å². The number of nitrogens with one attached hydrogen (secondary N) is 1. The van der Waals surface area contributed by atoms with E-state index in [9.17, 15) is 19.7 Å². The van der Waals surface area contributed by atoms with Gasteiger partial charge in [-0.2, -0.15) is 0 Å². The SMILES string of the molecule is O=C(NC1COCC1C(=O)O)c1cccc([N+](=O)[O-])c1. The zero-order chi connectivity index (χ0) is 14.7. The zero-order valence-electron chi connectivity index (χ0n) is 10.3. The lowest BCUT2D eigenvalue weighted by atomic mass is 10.0. The van der Waals surface area contributed by atoms with E-state index in [-0.39, 0.29) is 24.5 Å². The number of hydrogen-bond acceptors (Lipinski definition) is 5. The Morgan fingerprint density at radius 2 is 2.15 bits per heavy atom. The van der Waals surface area contributed by atoms with E-state index in [1.807, 2.05) is 0 Å². The van der Waals surface area contributed by atoms with Crippen molar-refractivity contribution in [3.63, 3.8) is 0 Å². The minimum atomic E-state index is -1.05. The molecule has 0 saturated carbocycles. The van der Waals surface area contributed by atoms with Gasteiger partial charge in [0.15, 0.2) is 0 Å². The summed E-state index contributed by atoms with van der Waals surface area (Å²) in [6.45, 7) is 0.146. The Kier molecular flexibility index (Phi) is 3.94. The van der Waals surface area contributed by atoms with Crippen molar-refractivity contribution in [2.75, 3.05) is 13.2 Å². The molecule has 1 aliphatic rings. The van der Waals surface area contributed by atoms with Crippen molar-refractivity contribution in [2.24, 2.45) is 5.92 Å². The maximum atomic E-state index is 12.0. The van der Waals surface area contributed by atoms with Crippen molar-refractivity contribution >= 4 is 17.6 Å². The highest BCUT2D eigenvalue weighted by Gasteiger charge is 2.35. The highest BCUT2D eigenvalue weighted by molar-refractivity contribution is 5.95. The van der Waals surface area contributed by atoms with Gasteiger partial charge in [0, 0.05) is 17.7 Å². The van der Waals surface area contributed by atoms with Crippen LogP contribution in [-0.2, 0) is 9.53 Å². The predicted molar refractivity (Wildman–Crippen MR) is 66.3 cm³/mol. The van der Waals surface area contributed by atoms with Gasteiger partial charge < -0.3 is 15.2 Å². The smallest absolute Gasteiger partial charge is 0.311 e. The first-order valence-corrected chi connectivity index (χ1v) is 5.85. The molecule has 0 aromatic heterocycles. The lowest BCUT2D eigenvalue weighted by Crippen LogP contribution is -2.42. The highest BCUT2D eigenvalue weighted by Crippen LogP contribution is 2.16. The lowest BCUT2D eigenvalue weighted by Gasteiger charge is -2.15. The van der Waals surface area contributed by atoms with Crippen LogP contribution >= 0.6 is 0 Å². The normalized spacial score (nSPS) is 21.4. The monoisotopic (exact) mass is 280 g/mol. The second kappa shape index (κ2) is 5.66. The van der Waals surface area contributed by atoms with Crippen LogP contribution in [0.2, 0.25) is 0 Å². The Hall–Kier alpha value is -2.48. The minimum absolute atomic E-state index is 0.0369. The Balaban J connectivity index is 2.10. The maximum Gasteiger partial charge on any atom is 0.311 e. The van der Waals surface area contributed by atoms with Crippen molar-refractivity contribution in [3.05, 3.63) is 39.9 Å². The van der Waals surface area contributed by atoms with Crippen LogP contribution in [0, 0.1) is 16.0 Å². The quantitative estimate of drug-likeness (QED) is 0.609. The van der Waals surface area contributed by atoms with E-state index < -0.39 is 28.8 Å². The summed E-state index contributed by atoms with van der Waals surface area (Å²) in [4.78, 5) is 33.0. The van der Waals surface area contributed by atoms with Crippen LogP contribution in [0.1, 0.15) is 10.4 Å². The van der Waals surface area contributed by atoms with Crippen LogP contribution in [0.15, 0.2) is 24.3 Å². The van der Waals surface area contributed by atoms with E-state index in [4.69, 9.17) is 9.84 Å². The van der Waals surface area contributed by atoms with Crippen molar-refractivity contribution in [1.29, 1.82) is 0 Å². The summed E-state index contributed by atoms with van der Waals surface area (Å²) < 4.78 is 5.03. The number of non-ortho nitro benzene ring substituents is 1. The molecular weight excluding hydrogens is 268 g/mol. The number of nitro groups is 1. The van der Waals surface area contributed by atoms with Gasteiger partial charge in [-0.15, -0.1) is 0 Å². The molecule has 2 atom stereocenters. The lowest BCUT2D eigenvalue weighted by molar-refractivity contribution is -0.384. The molecule has 1 amide bonds. The molecule has 1 aromatic carbocycles. The molecule has 1 aliphatic heterocycles. The number of nitro benzene ring substituents is 1. The van der Waals surface area contributed by atoms with Gasteiger partial charge in [0.25, 0.3) is 11.6 Å². The number of nitrogens with zero attached hydrogens (tertiary/aromatic N) is 1. The van der Waals surface area contributed by atoms with Crippen molar-refractivity contribution in [1.82, 2.24) is 5.32 Å². The Morgan fingerprint density at radius 1 is 1.40 bits per heavy atom. The Morgan fingerprint density at radius 3 is 2.80 bits per heavy atom. The molecule has 2 rings (SSSR count). The van der Waals surface area contributed by atoms with Crippen LogP contribution in [0.3, 0.4) is 0 Å². The number of carboxylic acid groups (broad SMARTS) is 1. The van der Waals surface area contributed by atoms with Crippen LogP contribution in [0.4, 0.5) is 5.69 Å². The molecule has 0 bridgehead atoms. The summed E-state index contributed by atoms with van der Waals surface area (Å²) in [5.74, 6) is -2.42. The number of carbonyl (C=O) groups excluding carboxylic acids is 1. The Bertz CT molecular complexity index is 559. The molecule has 8 nitrogen and oxygen atoms in total. The summed E-state index contributed by atoms with van der Waals surface area (Å²) in [5, 5.41) is 22.1. The van der Waals surface area contributed by atoms with Crippen molar-refractivity contribution in [2.45, 2.75) is 6.04 Å². The summed E-state index contributed by atoms with van der Waals surface area (Å²) in [6.07, 6.45) is 0. The first-order valence-electron chi connectivity index (χ1n) is 5.85. The number of carboxylic acids is 1. The molecule has 2 unspecified atom stereocenters. The number of amides is 1. The molecule has 8 heteroatoms. The highest BCUT2D eigenvalue weighted by atomic mass is 16.6. The van der Waals surface area contributed by atoms with E-state index in [0.29, 0.717) is 0 Å². The summed E-state index contributed by atoms with van der Waals surface area (Å²) in [6, 6.07) is 4.59. The van der Waals surface area contributed by atoms with Crippen LogP contribution in [-0.4, -0.2) is 41.2 Å². The fourth-order valence-electron chi connectivity index (χ4n) is 1.95. The molecular formula is C12H12N2O6. The van der Waals surface area contributed by atoms with Crippen LogP contribution in [0.5, 0.6) is 0 Å². The number of benzene rings is 1. The van der Waals surface area contributed by atoms with E-state index in [0.717, 1.165) is 6.07 Å². The maximum absolute atomic E-state index is 12.0. The standard InChI is InChI=1S/C12H12N2O6/c15-11(7-2-1-3-8(4-7)14(18)19)13-10-6-20-5-9(10)12(16)17/h1-4,9-10H,5-6H2,(H,13,15)(H,16,17). The molecule has 1 saturated heterocycles. The first-order chi connectivity index (χ1) is 9.49. The van der Waals surface area contributed by atoms with Crippen LogP contribution < -0.4 is 5.32 Å². The molecule has 1 aromatic rings. The van der Waals surface area contributed by atoms with Crippen molar-refractivity contribution in [3.8, 4) is 0 Å². The third-order valence-corrected chi connectivity index (χ3v) is 3.03. The topological polar surface area (TPSA) is 119 Å². The summed E-state index contributed by atoms with van der Waals surface area (Å²) >= 11 is 0. The molecule has 20 heavy (non-hydrogen) atoms. The number of aliphatic carboxylic acids is 1. The number of hydrogen-bond donors (Lipinski definition) is 2. The van der Waals surface area contributed by atoms with Gasteiger partial charge in [-0.05, 0) is 6.07 Å². The van der Waals surface area contributed by atoms with Gasteiger partial charge in [0.1, 0.15) is 5.92 Å². The summed E-state index contributed by atoms with van der Waals surface area (Å²) in [5.41, 5.74) is -0.0923.